The van der Waals surface area contributed by atoms with Crippen molar-refractivity contribution in [2.24, 2.45) is 0 Å². The van der Waals surface area contributed by atoms with Gasteiger partial charge in [0, 0.05) is 18.0 Å². The highest BCUT2D eigenvalue weighted by atomic mass is 32.1. The third-order valence-electron chi connectivity index (χ3n) is 5.47. The maximum absolute atomic E-state index is 13.2. The molecule has 1 saturated heterocycles. The lowest BCUT2D eigenvalue weighted by atomic mass is 10.0. The van der Waals surface area contributed by atoms with Crippen LogP contribution in [0.3, 0.4) is 0 Å². The molecule has 0 atom stereocenters. The SMILES string of the molecule is O=C(CN1CCC(O)CC1)N(Cc1ccccc1)c1nc2c(s1)CCCC2. The summed E-state index contributed by atoms with van der Waals surface area (Å²) >= 11 is 1.69. The third-order valence-corrected chi connectivity index (χ3v) is 6.65. The van der Waals surface area contributed by atoms with Gasteiger partial charge < -0.3 is 5.11 Å². The summed E-state index contributed by atoms with van der Waals surface area (Å²) in [5, 5.41) is 10.5. The maximum atomic E-state index is 13.2. The number of hydrogen-bond acceptors (Lipinski definition) is 5. The van der Waals surface area contributed by atoms with Crippen LogP contribution in [0.5, 0.6) is 0 Å². The second-order valence-corrected chi connectivity index (χ2v) is 8.61. The number of amides is 1. The fraction of sp³-hybridized carbons (Fsp3) is 0.524. The standard InChI is InChI=1S/C21H27N3O2S/c25-17-10-12-23(13-11-17)15-20(26)24(14-16-6-2-1-3-7-16)21-22-18-8-4-5-9-19(18)27-21/h1-3,6-7,17,25H,4-5,8-15H2. The molecule has 0 radical (unpaired) electrons. The zero-order valence-electron chi connectivity index (χ0n) is 15.6. The van der Waals surface area contributed by atoms with Crippen LogP contribution in [-0.4, -0.2) is 46.6 Å². The quantitative estimate of drug-likeness (QED) is 0.860. The monoisotopic (exact) mass is 385 g/mol. The first-order chi connectivity index (χ1) is 13.2. The summed E-state index contributed by atoms with van der Waals surface area (Å²) < 4.78 is 0. The van der Waals surface area contributed by atoms with Crippen molar-refractivity contribution >= 4 is 22.4 Å². The first kappa shape index (κ1) is 18.6. The van der Waals surface area contributed by atoms with E-state index in [0.717, 1.165) is 49.5 Å². The molecular formula is C21H27N3O2S. The van der Waals surface area contributed by atoms with Gasteiger partial charge in [-0.05, 0) is 44.1 Å². The van der Waals surface area contributed by atoms with Crippen LogP contribution < -0.4 is 4.90 Å². The number of thiazole rings is 1. The zero-order valence-corrected chi connectivity index (χ0v) is 16.5. The fourth-order valence-electron chi connectivity index (χ4n) is 3.84. The zero-order chi connectivity index (χ0) is 18.6. The number of likely N-dealkylation sites (tertiary alicyclic amines) is 1. The predicted molar refractivity (Wildman–Crippen MR) is 108 cm³/mol. The second-order valence-electron chi connectivity index (χ2n) is 7.55. The summed E-state index contributed by atoms with van der Waals surface area (Å²) in [6.07, 6.45) is 5.81. The number of piperidine rings is 1. The van der Waals surface area contributed by atoms with Crippen molar-refractivity contribution in [2.45, 2.75) is 51.2 Å². The fourth-order valence-corrected chi connectivity index (χ4v) is 5.00. The molecule has 2 aromatic rings. The molecule has 0 saturated carbocycles. The Kier molecular flexibility index (Phi) is 5.86. The van der Waals surface area contributed by atoms with Crippen LogP contribution in [0.2, 0.25) is 0 Å². The molecule has 0 spiro atoms. The molecule has 1 N–H and O–H groups in total. The number of aliphatic hydroxyl groups is 1. The molecular weight excluding hydrogens is 358 g/mol. The number of anilines is 1. The van der Waals surface area contributed by atoms with E-state index in [4.69, 9.17) is 4.98 Å². The lowest BCUT2D eigenvalue weighted by Gasteiger charge is -2.30. The molecule has 1 fully saturated rings. The summed E-state index contributed by atoms with van der Waals surface area (Å²) in [5.74, 6) is 0.0985. The Morgan fingerprint density at radius 3 is 2.67 bits per heavy atom. The Hall–Kier alpha value is -1.76. The van der Waals surface area contributed by atoms with Crippen molar-refractivity contribution in [1.82, 2.24) is 9.88 Å². The number of benzene rings is 1. The molecule has 1 aromatic heterocycles. The van der Waals surface area contributed by atoms with Gasteiger partial charge in [-0.1, -0.05) is 30.3 Å². The molecule has 2 heterocycles. The molecule has 6 heteroatoms. The Balaban J connectivity index is 1.53. The van der Waals surface area contributed by atoms with Crippen molar-refractivity contribution in [2.75, 3.05) is 24.5 Å². The van der Waals surface area contributed by atoms with Gasteiger partial charge in [-0.3, -0.25) is 14.6 Å². The number of aliphatic hydroxyl groups excluding tert-OH is 1. The number of aryl methyl sites for hydroxylation is 2. The highest BCUT2D eigenvalue weighted by molar-refractivity contribution is 7.15. The minimum Gasteiger partial charge on any atom is -0.393 e. The average Bonchev–Trinajstić information content (AvgIpc) is 3.12. The number of hydrogen-bond donors (Lipinski definition) is 1. The predicted octanol–water partition coefficient (Wildman–Crippen LogP) is 3.01. The Morgan fingerprint density at radius 1 is 1.19 bits per heavy atom. The molecule has 0 bridgehead atoms. The number of carbonyl (C=O) groups excluding carboxylic acids is 1. The molecule has 27 heavy (non-hydrogen) atoms. The number of carbonyl (C=O) groups is 1. The van der Waals surface area contributed by atoms with Gasteiger partial charge in [0.05, 0.1) is 24.9 Å². The second kappa shape index (κ2) is 8.50. The van der Waals surface area contributed by atoms with Gasteiger partial charge >= 0.3 is 0 Å². The van der Waals surface area contributed by atoms with E-state index in [1.807, 2.05) is 23.1 Å². The van der Waals surface area contributed by atoms with Gasteiger partial charge in [-0.2, -0.15) is 0 Å². The summed E-state index contributed by atoms with van der Waals surface area (Å²) in [6.45, 7) is 2.51. The maximum Gasteiger partial charge on any atom is 0.243 e. The normalized spacial score (nSPS) is 18.3. The van der Waals surface area contributed by atoms with Gasteiger partial charge in [0.25, 0.3) is 0 Å². The highest BCUT2D eigenvalue weighted by Gasteiger charge is 2.26. The van der Waals surface area contributed by atoms with Crippen molar-refractivity contribution in [3.8, 4) is 0 Å². The lowest BCUT2D eigenvalue weighted by Crippen LogP contribution is -2.44. The molecule has 2 aliphatic rings. The van der Waals surface area contributed by atoms with Crippen LogP contribution in [0.4, 0.5) is 5.13 Å². The van der Waals surface area contributed by atoms with E-state index in [0.29, 0.717) is 13.1 Å². The lowest BCUT2D eigenvalue weighted by molar-refractivity contribution is -0.120. The van der Waals surface area contributed by atoms with Crippen LogP contribution in [0, 0.1) is 0 Å². The van der Waals surface area contributed by atoms with E-state index in [2.05, 4.69) is 17.0 Å². The van der Waals surface area contributed by atoms with E-state index < -0.39 is 0 Å². The van der Waals surface area contributed by atoms with Crippen LogP contribution >= 0.6 is 11.3 Å². The van der Waals surface area contributed by atoms with Crippen LogP contribution in [0.1, 0.15) is 41.8 Å². The smallest absolute Gasteiger partial charge is 0.243 e. The first-order valence-corrected chi connectivity index (χ1v) is 10.7. The van der Waals surface area contributed by atoms with E-state index in [1.54, 1.807) is 11.3 Å². The molecule has 0 unspecified atom stereocenters. The van der Waals surface area contributed by atoms with Crippen LogP contribution in [0.15, 0.2) is 30.3 Å². The number of fused-ring (bicyclic) bond motifs is 1. The molecule has 1 aliphatic heterocycles. The molecule has 1 amide bonds. The first-order valence-electron chi connectivity index (χ1n) is 9.92. The number of nitrogens with zero attached hydrogens (tertiary/aromatic N) is 3. The van der Waals surface area contributed by atoms with Crippen molar-refractivity contribution < 1.29 is 9.90 Å². The van der Waals surface area contributed by atoms with Gasteiger partial charge in [0.2, 0.25) is 5.91 Å². The minimum atomic E-state index is -0.220. The van der Waals surface area contributed by atoms with E-state index in [1.165, 1.54) is 23.4 Å². The van der Waals surface area contributed by atoms with Gasteiger partial charge in [0.1, 0.15) is 0 Å². The van der Waals surface area contributed by atoms with Crippen molar-refractivity contribution in [3.05, 3.63) is 46.5 Å². The third kappa shape index (κ3) is 4.57. The molecule has 1 aromatic carbocycles. The van der Waals surface area contributed by atoms with Gasteiger partial charge in [0.15, 0.2) is 5.13 Å². The van der Waals surface area contributed by atoms with E-state index in [9.17, 15) is 9.90 Å². The largest absolute Gasteiger partial charge is 0.393 e. The van der Waals surface area contributed by atoms with Crippen molar-refractivity contribution in [3.63, 3.8) is 0 Å². The molecule has 5 nitrogen and oxygen atoms in total. The Morgan fingerprint density at radius 2 is 1.93 bits per heavy atom. The van der Waals surface area contributed by atoms with Crippen molar-refractivity contribution in [1.29, 1.82) is 0 Å². The Bertz CT molecular complexity index is 745. The van der Waals surface area contributed by atoms with Crippen LogP contribution in [-0.2, 0) is 24.2 Å². The Labute approximate surface area is 164 Å². The highest BCUT2D eigenvalue weighted by Crippen LogP contribution is 2.32. The molecule has 144 valence electrons. The van der Waals surface area contributed by atoms with Crippen LogP contribution in [0.25, 0.3) is 0 Å². The molecule has 4 rings (SSSR count). The minimum absolute atomic E-state index is 0.0985. The topological polar surface area (TPSA) is 56.7 Å². The molecule has 1 aliphatic carbocycles. The van der Waals surface area contributed by atoms with Gasteiger partial charge in [-0.15, -0.1) is 11.3 Å². The average molecular weight is 386 g/mol. The summed E-state index contributed by atoms with van der Waals surface area (Å²) in [5.41, 5.74) is 2.31. The van der Waals surface area contributed by atoms with Gasteiger partial charge in [-0.25, -0.2) is 4.98 Å². The summed E-state index contributed by atoms with van der Waals surface area (Å²) in [6, 6.07) is 10.1. The summed E-state index contributed by atoms with van der Waals surface area (Å²) in [7, 11) is 0. The van der Waals surface area contributed by atoms with E-state index in [-0.39, 0.29) is 12.0 Å². The number of aromatic nitrogens is 1. The van der Waals surface area contributed by atoms with E-state index >= 15 is 0 Å². The number of rotatable bonds is 5. The summed E-state index contributed by atoms with van der Waals surface area (Å²) in [4.78, 5) is 23.4.